The summed E-state index contributed by atoms with van der Waals surface area (Å²) >= 11 is 0. The van der Waals surface area contributed by atoms with Crippen LogP contribution in [0, 0.1) is 0 Å². The van der Waals surface area contributed by atoms with Crippen molar-refractivity contribution in [2.75, 3.05) is 0 Å². The third-order valence-corrected chi connectivity index (χ3v) is 0.716. The predicted octanol–water partition coefficient (Wildman–Crippen LogP) is 0.756. The minimum atomic E-state index is -1.49. The SMILES string of the molecule is C=CC(=O)OC(C)OC(=O)O. The van der Waals surface area contributed by atoms with E-state index < -0.39 is 18.4 Å². The van der Waals surface area contributed by atoms with E-state index in [4.69, 9.17) is 5.11 Å². The quantitative estimate of drug-likeness (QED) is 0.374. The molecule has 0 aliphatic carbocycles. The van der Waals surface area contributed by atoms with Gasteiger partial charge in [0.2, 0.25) is 6.29 Å². The van der Waals surface area contributed by atoms with Gasteiger partial charge < -0.3 is 14.6 Å². The molecule has 0 fully saturated rings. The second-order valence-electron chi connectivity index (χ2n) is 1.59. The maximum absolute atomic E-state index is 10.4. The Morgan fingerprint density at radius 3 is 2.45 bits per heavy atom. The van der Waals surface area contributed by atoms with E-state index in [1.165, 1.54) is 6.92 Å². The van der Waals surface area contributed by atoms with Gasteiger partial charge in [-0.05, 0) is 0 Å². The van der Waals surface area contributed by atoms with Gasteiger partial charge in [0.05, 0.1) is 0 Å². The van der Waals surface area contributed by atoms with Crippen molar-refractivity contribution in [2.24, 2.45) is 0 Å². The summed E-state index contributed by atoms with van der Waals surface area (Å²) in [7, 11) is 0. The highest BCUT2D eigenvalue weighted by Crippen LogP contribution is 1.94. The van der Waals surface area contributed by atoms with Gasteiger partial charge in [-0.25, -0.2) is 9.59 Å². The number of hydrogen-bond acceptors (Lipinski definition) is 4. The summed E-state index contributed by atoms with van der Waals surface area (Å²) in [6, 6.07) is 0. The molecule has 0 saturated heterocycles. The molecule has 1 N–H and O–H groups in total. The first-order valence-corrected chi connectivity index (χ1v) is 2.79. The Balaban J connectivity index is 3.68. The maximum atomic E-state index is 10.4. The molecule has 62 valence electrons. The molecular formula is C6H8O5. The topological polar surface area (TPSA) is 72.8 Å². The normalized spacial score (nSPS) is 11.4. The van der Waals surface area contributed by atoms with Crippen LogP contribution in [0.25, 0.3) is 0 Å². The average molecular weight is 160 g/mol. The summed E-state index contributed by atoms with van der Waals surface area (Å²) in [6.07, 6.45) is -1.67. The molecule has 0 radical (unpaired) electrons. The number of carbonyl (C=O) groups excluding carboxylic acids is 1. The fourth-order valence-corrected chi connectivity index (χ4v) is 0.378. The van der Waals surface area contributed by atoms with Gasteiger partial charge in [0.1, 0.15) is 0 Å². The standard InChI is InChI=1S/C6H8O5/c1-3-5(7)10-4(2)11-6(8)9/h3-4H,1H2,2H3,(H,8,9). The summed E-state index contributed by atoms with van der Waals surface area (Å²) in [6.45, 7) is 4.40. The number of hydrogen-bond donors (Lipinski definition) is 1. The van der Waals surface area contributed by atoms with E-state index >= 15 is 0 Å². The van der Waals surface area contributed by atoms with Gasteiger partial charge in [0.25, 0.3) is 0 Å². The molecule has 0 amide bonds. The smallest absolute Gasteiger partial charge is 0.450 e. The van der Waals surface area contributed by atoms with Crippen molar-refractivity contribution in [3.8, 4) is 0 Å². The second-order valence-corrected chi connectivity index (χ2v) is 1.59. The van der Waals surface area contributed by atoms with Crippen molar-refractivity contribution in [3.63, 3.8) is 0 Å². The lowest BCUT2D eigenvalue weighted by Gasteiger charge is -2.09. The lowest BCUT2D eigenvalue weighted by molar-refractivity contribution is -0.160. The molecule has 0 aromatic rings. The highest BCUT2D eigenvalue weighted by atomic mass is 16.8. The van der Waals surface area contributed by atoms with Gasteiger partial charge in [-0.1, -0.05) is 6.58 Å². The van der Waals surface area contributed by atoms with Crippen LogP contribution in [0.5, 0.6) is 0 Å². The van der Waals surface area contributed by atoms with Crippen LogP contribution >= 0.6 is 0 Å². The Hall–Kier alpha value is -1.52. The molecule has 5 nitrogen and oxygen atoms in total. The van der Waals surface area contributed by atoms with Gasteiger partial charge >= 0.3 is 12.1 Å². The van der Waals surface area contributed by atoms with Crippen molar-refractivity contribution in [1.29, 1.82) is 0 Å². The predicted molar refractivity (Wildman–Crippen MR) is 34.9 cm³/mol. The summed E-state index contributed by atoms with van der Waals surface area (Å²) in [5.41, 5.74) is 0. The fourth-order valence-electron chi connectivity index (χ4n) is 0.378. The van der Waals surface area contributed by atoms with Crippen LogP contribution in [0.1, 0.15) is 6.92 Å². The number of ether oxygens (including phenoxy) is 2. The molecule has 0 aliphatic rings. The van der Waals surface area contributed by atoms with Crippen molar-refractivity contribution in [2.45, 2.75) is 13.2 Å². The van der Waals surface area contributed by atoms with Crippen molar-refractivity contribution < 1.29 is 24.2 Å². The van der Waals surface area contributed by atoms with E-state index in [-0.39, 0.29) is 0 Å². The van der Waals surface area contributed by atoms with Gasteiger partial charge in [0, 0.05) is 13.0 Å². The van der Waals surface area contributed by atoms with Crippen molar-refractivity contribution in [1.82, 2.24) is 0 Å². The molecule has 1 atom stereocenters. The zero-order valence-electron chi connectivity index (χ0n) is 5.94. The molecule has 0 heterocycles. The van der Waals surface area contributed by atoms with Crippen LogP contribution in [0.4, 0.5) is 4.79 Å². The molecule has 0 rings (SSSR count). The number of rotatable bonds is 3. The Morgan fingerprint density at radius 2 is 2.09 bits per heavy atom. The minimum absolute atomic E-state index is 0.723. The number of carbonyl (C=O) groups is 2. The van der Waals surface area contributed by atoms with Crippen LogP contribution in [0.15, 0.2) is 12.7 Å². The average Bonchev–Trinajstić information content (AvgIpc) is 1.85. The first kappa shape index (κ1) is 9.48. The summed E-state index contributed by atoms with van der Waals surface area (Å²) < 4.78 is 8.40. The van der Waals surface area contributed by atoms with Crippen LogP contribution in [0.2, 0.25) is 0 Å². The molecule has 0 aliphatic heterocycles. The van der Waals surface area contributed by atoms with Crippen molar-refractivity contribution >= 4 is 12.1 Å². The highest BCUT2D eigenvalue weighted by molar-refractivity contribution is 5.81. The third kappa shape index (κ3) is 4.95. The Labute approximate surface area is 63.2 Å². The largest absolute Gasteiger partial charge is 0.508 e. The van der Waals surface area contributed by atoms with Gasteiger partial charge in [-0.15, -0.1) is 0 Å². The monoisotopic (exact) mass is 160 g/mol. The second kappa shape index (κ2) is 4.32. The number of carboxylic acid groups (broad SMARTS) is 1. The summed E-state index contributed by atoms with van der Waals surface area (Å²) in [5, 5.41) is 8.03. The first-order chi connectivity index (χ1) is 5.06. The van der Waals surface area contributed by atoms with E-state index in [0.29, 0.717) is 0 Å². The van der Waals surface area contributed by atoms with Crippen molar-refractivity contribution in [3.05, 3.63) is 12.7 Å². The zero-order chi connectivity index (χ0) is 8.85. The van der Waals surface area contributed by atoms with Crippen LogP contribution in [-0.4, -0.2) is 23.5 Å². The molecule has 1 unspecified atom stereocenters. The van der Waals surface area contributed by atoms with E-state index in [1.807, 2.05) is 0 Å². The van der Waals surface area contributed by atoms with Gasteiger partial charge in [-0.3, -0.25) is 0 Å². The van der Waals surface area contributed by atoms with E-state index in [1.54, 1.807) is 0 Å². The molecule has 0 saturated carbocycles. The lowest BCUT2D eigenvalue weighted by Crippen LogP contribution is -2.19. The molecule has 0 spiro atoms. The Bertz CT molecular complexity index is 174. The summed E-state index contributed by atoms with van der Waals surface area (Å²) in [5.74, 6) is -0.723. The molecule has 11 heavy (non-hydrogen) atoms. The molecular weight excluding hydrogens is 152 g/mol. The van der Waals surface area contributed by atoms with Crippen LogP contribution < -0.4 is 0 Å². The highest BCUT2D eigenvalue weighted by Gasteiger charge is 2.09. The maximum Gasteiger partial charge on any atom is 0.508 e. The number of esters is 1. The first-order valence-electron chi connectivity index (χ1n) is 2.79. The Kier molecular flexibility index (Phi) is 3.72. The molecule has 0 aromatic carbocycles. The van der Waals surface area contributed by atoms with E-state index in [9.17, 15) is 9.59 Å². The zero-order valence-corrected chi connectivity index (χ0v) is 5.94. The molecule has 0 aromatic heterocycles. The molecule has 5 heteroatoms. The Morgan fingerprint density at radius 1 is 1.55 bits per heavy atom. The minimum Gasteiger partial charge on any atom is -0.450 e. The third-order valence-electron chi connectivity index (χ3n) is 0.716. The van der Waals surface area contributed by atoms with Crippen LogP contribution in [-0.2, 0) is 14.3 Å². The van der Waals surface area contributed by atoms with Gasteiger partial charge in [-0.2, -0.15) is 0 Å². The van der Waals surface area contributed by atoms with Gasteiger partial charge in [0.15, 0.2) is 0 Å². The summed E-state index contributed by atoms with van der Waals surface area (Å²) in [4.78, 5) is 20.2. The van der Waals surface area contributed by atoms with Crippen LogP contribution in [0.3, 0.4) is 0 Å². The fraction of sp³-hybridized carbons (Fsp3) is 0.333. The van der Waals surface area contributed by atoms with E-state index in [2.05, 4.69) is 16.1 Å². The lowest BCUT2D eigenvalue weighted by atomic mass is 10.6. The van der Waals surface area contributed by atoms with E-state index in [0.717, 1.165) is 6.08 Å². The molecule has 0 bridgehead atoms.